The van der Waals surface area contributed by atoms with Crippen molar-refractivity contribution in [2.45, 2.75) is 51.2 Å². The van der Waals surface area contributed by atoms with Crippen LogP contribution >= 0.6 is 0 Å². The van der Waals surface area contributed by atoms with Crippen molar-refractivity contribution >= 4 is 0 Å². The molecule has 1 aromatic heterocycles. The minimum absolute atomic E-state index is 0.225. The Morgan fingerprint density at radius 3 is 3.00 bits per heavy atom. The largest absolute Gasteiger partial charge is 0.378 e. The first-order valence-corrected chi connectivity index (χ1v) is 5.85. The maximum absolute atomic E-state index is 6.35. The van der Waals surface area contributed by atoms with Crippen molar-refractivity contribution in [3.63, 3.8) is 0 Å². The van der Waals surface area contributed by atoms with E-state index in [2.05, 4.69) is 17.1 Å². The van der Waals surface area contributed by atoms with Gasteiger partial charge in [-0.25, -0.2) is 0 Å². The van der Waals surface area contributed by atoms with Gasteiger partial charge in [-0.15, -0.1) is 0 Å². The zero-order valence-corrected chi connectivity index (χ0v) is 9.90. The highest BCUT2D eigenvalue weighted by Crippen LogP contribution is 2.31. The lowest BCUT2D eigenvalue weighted by Gasteiger charge is -2.35. The predicted molar refractivity (Wildman–Crippen MR) is 58.8 cm³/mol. The number of aromatic nitrogens is 2. The summed E-state index contributed by atoms with van der Waals surface area (Å²) in [5.74, 6) is 1.19. The Hall–Kier alpha value is -0.940. The molecule has 2 atom stereocenters. The molecule has 5 nitrogen and oxygen atoms in total. The Labute approximate surface area is 95.3 Å². The molecule has 0 aliphatic carbocycles. The van der Waals surface area contributed by atoms with E-state index in [0.29, 0.717) is 18.3 Å². The van der Waals surface area contributed by atoms with Gasteiger partial charge in [0.15, 0.2) is 5.82 Å². The molecule has 0 radical (unpaired) electrons. The zero-order chi connectivity index (χ0) is 11.6. The summed E-state index contributed by atoms with van der Waals surface area (Å²) in [5.41, 5.74) is 5.87. The number of ether oxygens (including phenoxy) is 1. The lowest BCUT2D eigenvalue weighted by atomic mass is 9.85. The van der Waals surface area contributed by atoms with Gasteiger partial charge in [-0.1, -0.05) is 18.5 Å². The molecule has 2 heterocycles. The second kappa shape index (κ2) is 4.51. The fourth-order valence-electron chi connectivity index (χ4n) is 2.19. The van der Waals surface area contributed by atoms with Gasteiger partial charge in [0.1, 0.15) is 0 Å². The summed E-state index contributed by atoms with van der Waals surface area (Å²) in [5, 5.41) is 3.94. The standard InChI is InChI=1S/C11H19N3O2/c1-3-4-9-7-11(12,5-6-15-9)10-13-8(2)16-14-10/h9H,3-7,12H2,1-2H3. The lowest BCUT2D eigenvalue weighted by molar-refractivity contribution is -0.0267. The number of nitrogens with zero attached hydrogens (tertiary/aromatic N) is 2. The normalized spacial score (nSPS) is 30.6. The van der Waals surface area contributed by atoms with Crippen molar-refractivity contribution in [2.75, 3.05) is 6.61 Å². The lowest BCUT2D eigenvalue weighted by Crippen LogP contribution is -2.46. The molecule has 1 aliphatic rings. The molecule has 0 spiro atoms. The summed E-state index contributed by atoms with van der Waals surface area (Å²) in [6.07, 6.45) is 3.90. The summed E-state index contributed by atoms with van der Waals surface area (Å²) in [4.78, 5) is 4.24. The molecular formula is C11H19N3O2. The van der Waals surface area contributed by atoms with Gasteiger partial charge in [-0.05, 0) is 19.3 Å². The van der Waals surface area contributed by atoms with Crippen molar-refractivity contribution < 1.29 is 9.26 Å². The van der Waals surface area contributed by atoms with Crippen LogP contribution < -0.4 is 5.73 Å². The average molecular weight is 225 g/mol. The molecule has 0 bridgehead atoms. The van der Waals surface area contributed by atoms with Gasteiger partial charge < -0.3 is 15.0 Å². The highest BCUT2D eigenvalue weighted by Gasteiger charge is 2.38. The monoisotopic (exact) mass is 225 g/mol. The molecule has 1 aliphatic heterocycles. The number of aryl methyl sites for hydroxylation is 1. The van der Waals surface area contributed by atoms with Crippen molar-refractivity contribution in [2.24, 2.45) is 5.73 Å². The quantitative estimate of drug-likeness (QED) is 0.844. The van der Waals surface area contributed by atoms with E-state index in [0.717, 1.165) is 25.7 Å². The predicted octanol–water partition coefficient (Wildman–Crippen LogP) is 1.51. The molecule has 1 aromatic rings. The van der Waals surface area contributed by atoms with E-state index in [-0.39, 0.29) is 6.10 Å². The minimum atomic E-state index is -0.476. The molecule has 0 saturated carbocycles. The van der Waals surface area contributed by atoms with Gasteiger partial charge in [0.25, 0.3) is 0 Å². The van der Waals surface area contributed by atoms with Crippen LogP contribution in [0.25, 0.3) is 0 Å². The second-order valence-electron chi connectivity index (χ2n) is 4.53. The highest BCUT2D eigenvalue weighted by molar-refractivity contribution is 5.06. The second-order valence-corrected chi connectivity index (χ2v) is 4.53. The Morgan fingerprint density at radius 2 is 2.38 bits per heavy atom. The zero-order valence-electron chi connectivity index (χ0n) is 9.90. The average Bonchev–Trinajstić information content (AvgIpc) is 2.66. The molecular weight excluding hydrogens is 206 g/mol. The highest BCUT2D eigenvalue weighted by atomic mass is 16.5. The van der Waals surface area contributed by atoms with Crippen LogP contribution in [-0.4, -0.2) is 22.9 Å². The van der Waals surface area contributed by atoms with Crippen LogP contribution in [-0.2, 0) is 10.3 Å². The molecule has 2 rings (SSSR count). The van der Waals surface area contributed by atoms with Crippen LogP contribution in [0.3, 0.4) is 0 Å². The topological polar surface area (TPSA) is 74.2 Å². The maximum atomic E-state index is 6.35. The van der Waals surface area contributed by atoms with Crippen molar-refractivity contribution in [3.8, 4) is 0 Å². The molecule has 2 unspecified atom stereocenters. The van der Waals surface area contributed by atoms with Crippen LogP contribution in [0.15, 0.2) is 4.52 Å². The number of hydrogen-bond acceptors (Lipinski definition) is 5. The van der Waals surface area contributed by atoms with Crippen molar-refractivity contribution in [3.05, 3.63) is 11.7 Å². The Kier molecular flexibility index (Phi) is 3.25. The number of hydrogen-bond donors (Lipinski definition) is 1. The summed E-state index contributed by atoms with van der Waals surface area (Å²) in [6.45, 7) is 4.60. The Bertz CT molecular complexity index is 351. The third-order valence-electron chi connectivity index (χ3n) is 3.08. The first-order valence-electron chi connectivity index (χ1n) is 5.85. The van der Waals surface area contributed by atoms with Crippen LogP contribution in [0, 0.1) is 6.92 Å². The van der Waals surface area contributed by atoms with Crippen LogP contribution in [0.1, 0.15) is 44.3 Å². The fourth-order valence-corrected chi connectivity index (χ4v) is 2.19. The molecule has 1 saturated heterocycles. The van der Waals surface area contributed by atoms with Crippen molar-refractivity contribution in [1.29, 1.82) is 0 Å². The van der Waals surface area contributed by atoms with Crippen molar-refractivity contribution in [1.82, 2.24) is 10.1 Å². The van der Waals surface area contributed by atoms with Gasteiger partial charge >= 0.3 is 0 Å². The van der Waals surface area contributed by atoms with E-state index in [1.807, 2.05) is 0 Å². The molecule has 16 heavy (non-hydrogen) atoms. The Balaban J connectivity index is 2.11. The van der Waals surface area contributed by atoms with Crippen LogP contribution in [0.5, 0.6) is 0 Å². The van der Waals surface area contributed by atoms with Gasteiger partial charge in [0, 0.05) is 13.5 Å². The molecule has 0 aromatic carbocycles. The maximum Gasteiger partial charge on any atom is 0.223 e. The Morgan fingerprint density at radius 1 is 1.56 bits per heavy atom. The van der Waals surface area contributed by atoms with E-state index in [9.17, 15) is 0 Å². The SMILES string of the molecule is CCCC1CC(N)(c2noc(C)n2)CCO1. The third-order valence-corrected chi connectivity index (χ3v) is 3.08. The van der Waals surface area contributed by atoms with Crippen LogP contribution in [0.4, 0.5) is 0 Å². The van der Waals surface area contributed by atoms with E-state index >= 15 is 0 Å². The van der Waals surface area contributed by atoms with E-state index in [4.69, 9.17) is 15.0 Å². The van der Waals surface area contributed by atoms with E-state index in [1.165, 1.54) is 0 Å². The summed E-state index contributed by atoms with van der Waals surface area (Å²) < 4.78 is 10.7. The smallest absolute Gasteiger partial charge is 0.223 e. The molecule has 2 N–H and O–H groups in total. The first kappa shape index (κ1) is 11.5. The van der Waals surface area contributed by atoms with Crippen LogP contribution in [0.2, 0.25) is 0 Å². The summed E-state index contributed by atoms with van der Waals surface area (Å²) in [7, 11) is 0. The van der Waals surface area contributed by atoms with Gasteiger partial charge in [-0.2, -0.15) is 4.98 Å². The molecule has 1 fully saturated rings. The third kappa shape index (κ3) is 2.25. The first-order chi connectivity index (χ1) is 7.64. The number of rotatable bonds is 3. The fraction of sp³-hybridized carbons (Fsp3) is 0.818. The van der Waals surface area contributed by atoms with Gasteiger partial charge in [0.05, 0.1) is 11.6 Å². The molecule has 0 amide bonds. The van der Waals surface area contributed by atoms with Gasteiger partial charge in [0.2, 0.25) is 5.89 Å². The minimum Gasteiger partial charge on any atom is -0.378 e. The number of nitrogens with two attached hydrogens (primary N) is 1. The van der Waals surface area contributed by atoms with Gasteiger partial charge in [-0.3, -0.25) is 0 Å². The van der Waals surface area contributed by atoms with E-state index < -0.39 is 5.54 Å². The molecule has 90 valence electrons. The summed E-state index contributed by atoms with van der Waals surface area (Å²) in [6, 6.07) is 0. The summed E-state index contributed by atoms with van der Waals surface area (Å²) >= 11 is 0. The van der Waals surface area contributed by atoms with E-state index in [1.54, 1.807) is 6.92 Å². The molecule has 5 heteroatoms.